The van der Waals surface area contributed by atoms with Gasteiger partial charge in [0.2, 0.25) is 0 Å². The van der Waals surface area contributed by atoms with E-state index in [1.807, 2.05) is 0 Å². The Kier molecular flexibility index (Phi) is 1.30. The van der Waals surface area contributed by atoms with Gasteiger partial charge in [-0.2, -0.15) is 0 Å². The summed E-state index contributed by atoms with van der Waals surface area (Å²) < 4.78 is 14.4. The van der Waals surface area contributed by atoms with Crippen LogP contribution >= 0.6 is 0 Å². The van der Waals surface area contributed by atoms with E-state index < -0.39 is 0 Å². The van der Waals surface area contributed by atoms with Crippen LogP contribution in [-0.2, 0) is 7.05 Å². The molecule has 0 unspecified atom stereocenters. The molecule has 0 aromatic carbocycles. The topological polar surface area (TPSA) is 43.8 Å². The monoisotopic (exact) mass is 165 g/mol. The van der Waals surface area contributed by atoms with Crippen LogP contribution in [0, 0.1) is 5.82 Å². The van der Waals surface area contributed by atoms with E-state index >= 15 is 0 Å². The molecule has 0 amide bonds. The zero-order valence-corrected chi connectivity index (χ0v) is 6.58. The van der Waals surface area contributed by atoms with Crippen molar-refractivity contribution in [1.29, 1.82) is 0 Å². The van der Waals surface area contributed by atoms with E-state index in [1.165, 1.54) is 12.3 Å². The standard InChI is InChI=1S/C8H8FN3/c1-12-7(10)3-5-2-6(9)4-11-8(5)12/h2-4H,10H2,1H3. The lowest BCUT2D eigenvalue weighted by molar-refractivity contribution is 0.624. The Labute approximate surface area is 68.6 Å². The van der Waals surface area contributed by atoms with Crippen molar-refractivity contribution in [2.24, 2.45) is 7.05 Å². The van der Waals surface area contributed by atoms with Crippen LogP contribution in [0.1, 0.15) is 0 Å². The van der Waals surface area contributed by atoms with E-state index in [0.29, 0.717) is 11.5 Å². The van der Waals surface area contributed by atoms with Gasteiger partial charge in [0.15, 0.2) is 0 Å². The second kappa shape index (κ2) is 2.20. The van der Waals surface area contributed by atoms with Crippen molar-refractivity contribution in [2.75, 3.05) is 5.73 Å². The molecule has 12 heavy (non-hydrogen) atoms. The fraction of sp³-hybridized carbons (Fsp3) is 0.125. The van der Waals surface area contributed by atoms with Crippen LogP contribution in [0.3, 0.4) is 0 Å². The second-order valence-corrected chi connectivity index (χ2v) is 2.69. The van der Waals surface area contributed by atoms with Gasteiger partial charge in [0.1, 0.15) is 17.3 Å². The summed E-state index contributed by atoms with van der Waals surface area (Å²) in [5.41, 5.74) is 6.31. The highest BCUT2D eigenvalue weighted by atomic mass is 19.1. The van der Waals surface area contributed by atoms with Crippen molar-refractivity contribution in [3.63, 3.8) is 0 Å². The number of aryl methyl sites for hydroxylation is 1. The summed E-state index contributed by atoms with van der Waals surface area (Å²) in [5, 5.41) is 0.731. The van der Waals surface area contributed by atoms with Crippen molar-refractivity contribution in [1.82, 2.24) is 9.55 Å². The van der Waals surface area contributed by atoms with Crippen molar-refractivity contribution in [3.05, 3.63) is 24.1 Å². The first-order chi connectivity index (χ1) is 5.68. The smallest absolute Gasteiger partial charge is 0.142 e. The maximum Gasteiger partial charge on any atom is 0.142 e. The normalized spacial score (nSPS) is 10.8. The van der Waals surface area contributed by atoms with Crippen molar-refractivity contribution >= 4 is 16.9 Å². The molecule has 0 bridgehead atoms. The first kappa shape index (κ1) is 7.09. The minimum absolute atomic E-state index is 0.340. The molecule has 2 heterocycles. The number of halogens is 1. The molecule has 0 radical (unpaired) electrons. The number of rotatable bonds is 0. The molecule has 0 aliphatic heterocycles. The van der Waals surface area contributed by atoms with Gasteiger partial charge in [-0.1, -0.05) is 0 Å². The number of hydrogen-bond acceptors (Lipinski definition) is 2. The number of nitrogen functional groups attached to an aromatic ring is 1. The van der Waals surface area contributed by atoms with Crippen LogP contribution in [0.4, 0.5) is 10.2 Å². The lowest BCUT2D eigenvalue weighted by Gasteiger charge is -1.95. The maximum absolute atomic E-state index is 12.7. The second-order valence-electron chi connectivity index (χ2n) is 2.69. The molecule has 3 nitrogen and oxygen atoms in total. The third-order valence-corrected chi connectivity index (χ3v) is 1.87. The Bertz CT molecular complexity index is 433. The molecule has 2 aromatic heterocycles. The number of anilines is 1. The van der Waals surface area contributed by atoms with E-state index in [-0.39, 0.29) is 5.82 Å². The summed E-state index contributed by atoms with van der Waals surface area (Å²) in [4.78, 5) is 3.91. The Balaban J connectivity index is 2.87. The zero-order valence-electron chi connectivity index (χ0n) is 6.58. The molecule has 4 heteroatoms. The maximum atomic E-state index is 12.7. The number of pyridine rings is 1. The molecule has 0 atom stereocenters. The fourth-order valence-electron chi connectivity index (χ4n) is 1.21. The van der Waals surface area contributed by atoms with E-state index in [4.69, 9.17) is 5.73 Å². The van der Waals surface area contributed by atoms with Crippen LogP contribution in [0.25, 0.3) is 11.0 Å². The number of fused-ring (bicyclic) bond motifs is 1. The molecule has 0 spiro atoms. The number of hydrogen-bond donors (Lipinski definition) is 1. The van der Waals surface area contributed by atoms with Crippen molar-refractivity contribution in [2.45, 2.75) is 0 Å². The molecular formula is C8H8FN3. The van der Waals surface area contributed by atoms with Crippen molar-refractivity contribution in [3.8, 4) is 0 Å². The molecule has 0 saturated carbocycles. The molecule has 2 N–H and O–H groups in total. The Morgan fingerprint density at radius 3 is 3.00 bits per heavy atom. The summed E-state index contributed by atoms with van der Waals surface area (Å²) in [6.07, 6.45) is 1.18. The van der Waals surface area contributed by atoms with Gasteiger partial charge in [-0.05, 0) is 12.1 Å². The van der Waals surface area contributed by atoms with Crippen LogP contribution in [0.2, 0.25) is 0 Å². The summed E-state index contributed by atoms with van der Waals surface area (Å²) in [5.74, 6) is 0.246. The van der Waals surface area contributed by atoms with Gasteiger partial charge in [0, 0.05) is 12.4 Å². The van der Waals surface area contributed by atoms with E-state index in [9.17, 15) is 4.39 Å². The van der Waals surface area contributed by atoms with E-state index in [2.05, 4.69) is 4.98 Å². The molecule has 2 aromatic rings. The SMILES string of the molecule is Cn1c(N)cc2cc(F)cnc21. The quantitative estimate of drug-likeness (QED) is 0.639. The average molecular weight is 165 g/mol. The minimum atomic E-state index is -0.340. The van der Waals surface area contributed by atoms with Crippen LogP contribution in [-0.4, -0.2) is 9.55 Å². The van der Waals surface area contributed by atoms with E-state index in [1.54, 1.807) is 17.7 Å². The van der Waals surface area contributed by atoms with Gasteiger partial charge >= 0.3 is 0 Å². The highest BCUT2D eigenvalue weighted by Crippen LogP contribution is 2.18. The summed E-state index contributed by atoms with van der Waals surface area (Å²) in [6.45, 7) is 0. The third kappa shape index (κ3) is 0.845. The number of aromatic nitrogens is 2. The molecule has 2 rings (SSSR count). The third-order valence-electron chi connectivity index (χ3n) is 1.87. The molecule has 0 saturated heterocycles. The molecule has 0 fully saturated rings. The minimum Gasteiger partial charge on any atom is -0.385 e. The number of nitrogens with zero attached hydrogens (tertiary/aromatic N) is 2. The predicted molar refractivity (Wildman–Crippen MR) is 45.1 cm³/mol. The first-order valence-electron chi connectivity index (χ1n) is 3.55. The molecule has 0 aliphatic rings. The molecule has 0 aliphatic carbocycles. The predicted octanol–water partition coefficient (Wildman–Crippen LogP) is 1.29. The zero-order chi connectivity index (χ0) is 8.72. The Hall–Kier alpha value is -1.58. The summed E-state index contributed by atoms with van der Waals surface area (Å²) in [7, 11) is 1.79. The van der Waals surface area contributed by atoms with Crippen LogP contribution in [0.15, 0.2) is 18.3 Å². The lowest BCUT2D eigenvalue weighted by Crippen LogP contribution is -1.95. The molecular weight excluding hydrogens is 157 g/mol. The van der Waals surface area contributed by atoms with Gasteiger partial charge < -0.3 is 10.3 Å². The summed E-state index contributed by atoms with van der Waals surface area (Å²) >= 11 is 0. The number of nitrogens with two attached hydrogens (primary N) is 1. The highest BCUT2D eigenvalue weighted by Gasteiger charge is 2.03. The summed E-state index contributed by atoms with van der Waals surface area (Å²) in [6, 6.07) is 3.12. The van der Waals surface area contributed by atoms with Gasteiger partial charge in [-0.15, -0.1) is 0 Å². The largest absolute Gasteiger partial charge is 0.385 e. The van der Waals surface area contributed by atoms with Gasteiger partial charge in [0.25, 0.3) is 0 Å². The van der Waals surface area contributed by atoms with Crippen molar-refractivity contribution < 1.29 is 4.39 Å². The average Bonchev–Trinajstić information content (AvgIpc) is 2.28. The van der Waals surface area contributed by atoms with E-state index in [0.717, 1.165) is 5.39 Å². The Morgan fingerprint density at radius 2 is 2.25 bits per heavy atom. The van der Waals surface area contributed by atoms with Gasteiger partial charge in [-0.3, -0.25) is 0 Å². The van der Waals surface area contributed by atoms with Gasteiger partial charge in [0.05, 0.1) is 6.20 Å². The van der Waals surface area contributed by atoms with Crippen LogP contribution < -0.4 is 5.73 Å². The Morgan fingerprint density at radius 1 is 1.50 bits per heavy atom. The van der Waals surface area contributed by atoms with Gasteiger partial charge in [-0.25, -0.2) is 9.37 Å². The lowest BCUT2D eigenvalue weighted by atomic mass is 10.3. The first-order valence-corrected chi connectivity index (χ1v) is 3.55. The molecule has 62 valence electrons. The highest BCUT2D eigenvalue weighted by molar-refractivity contribution is 5.80. The fourth-order valence-corrected chi connectivity index (χ4v) is 1.21. The van der Waals surface area contributed by atoms with Crippen LogP contribution in [0.5, 0.6) is 0 Å².